The molecule has 25 heavy (non-hydrogen) atoms. The predicted molar refractivity (Wildman–Crippen MR) is 88.1 cm³/mol. The van der Waals surface area contributed by atoms with Crippen molar-refractivity contribution in [1.82, 2.24) is 25.5 Å². The van der Waals surface area contributed by atoms with Gasteiger partial charge < -0.3 is 10.1 Å². The Hall–Kier alpha value is -3.29. The Morgan fingerprint density at radius 1 is 1.24 bits per heavy atom. The lowest BCUT2D eigenvalue weighted by Crippen LogP contribution is -2.27. The van der Waals surface area contributed by atoms with Crippen molar-refractivity contribution in [3.8, 4) is 11.4 Å². The highest BCUT2D eigenvalue weighted by atomic mass is 19.1. The summed E-state index contributed by atoms with van der Waals surface area (Å²) in [4.78, 5) is 12.4. The van der Waals surface area contributed by atoms with Crippen molar-refractivity contribution < 1.29 is 13.9 Å². The van der Waals surface area contributed by atoms with E-state index in [0.29, 0.717) is 18.7 Å². The van der Waals surface area contributed by atoms with Crippen LogP contribution in [-0.2, 0) is 6.42 Å². The van der Waals surface area contributed by atoms with Crippen LogP contribution in [-0.4, -0.2) is 39.8 Å². The fourth-order valence-electron chi connectivity index (χ4n) is 2.37. The number of carbonyl (C=O) groups is 1. The third-order valence-corrected chi connectivity index (χ3v) is 3.66. The van der Waals surface area contributed by atoms with Gasteiger partial charge in [0.2, 0.25) is 0 Å². The van der Waals surface area contributed by atoms with Crippen LogP contribution in [0.3, 0.4) is 0 Å². The smallest absolute Gasteiger partial charge is 0.253 e. The molecule has 0 aliphatic carbocycles. The molecule has 128 valence electrons. The molecule has 0 unspecified atom stereocenters. The second kappa shape index (κ2) is 7.52. The van der Waals surface area contributed by atoms with Crippen LogP contribution in [0.15, 0.2) is 48.8 Å². The number of nitrogens with zero attached hydrogens (tertiary/aromatic N) is 4. The Morgan fingerprint density at radius 3 is 2.72 bits per heavy atom. The highest BCUT2D eigenvalue weighted by Gasteiger charge is 2.14. The largest absolute Gasteiger partial charge is 0.497 e. The normalized spacial score (nSPS) is 10.5. The number of benzene rings is 2. The molecule has 0 spiro atoms. The van der Waals surface area contributed by atoms with Crippen molar-refractivity contribution in [2.24, 2.45) is 0 Å². The highest BCUT2D eigenvalue weighted by Crippen LogP contribution is 2.15. The molecule has 3 aromatic rings. The molecule has 0 saturated carbocycles. The predicted octanol–water partition coefficient (Wildman–Crippen LogP) is 1.78. The van der Waals surface area contributed by atoms with E-state index in [1.807, 2.05) is 24.3 Å². The van der Waals surface area contributed by atoms with Gasteiger partial charge in [-0.2, -0.15) is 4.68 Å². The molecule has 1 aromatic heterocycles. The summed E-state index contributed by atoms with van der Waals surface area (Å²) in [6, 6.07) is 11.5. The molecule has 1 N–H and O–H groups in total. The molecule has 2 aromatic carbocycles. The van der Waals surface area contributed by atoms with Crippen molar-refractivity contribution in [2.75, 3.05) is 13.7 Å². The summed E-state index contributed by atoms with van der Waals surface area (Å²) in [5.41, 5.74) is 1.64. The van der Waals surface area contributed by atoms with Crippen LogP contribution in [0.4, 0.5) is 4.39 Å². The maximum atomic E-state index is 13.6. The molecule has 3 rings (SSSR count). The van der Waals surface area contributed by atoms with E-state index in [0.717, 1.165) is 11.3 Å². The molecule has 8 heteroatoms. The maximum absolute atomic E-state index is 13.6. The SMILES string of the molecule is COc1ccc(CCNC(=O)c2cc(F)ccc2-n2cnnn2)cc1. The fourth-order valence-corrected chi connectivity index (χ4v) is 2.37. The van der Waals surface area contributed by atoms with E-state index >= 15 is 0 Å². The zero-order chi connectivity index (χ0) is 17.6. The van der Waals surface area contributed by atoms with Crippen LogP contribution in [0.1, 0.15) is 15.9 Å². The van der Waals surface area contributed by atoms with Gasteiger partial charge in [-0.25, -0.2) is 4.39 Å². The number of amides is 1. The quantitative estimate of drug-likeness (QED) is 0.739. The lowest BCUT2D eigenvalue weighted by atomic mass is 10.1. The minimum Gasteiger partial charge on any atom is -0.497 e. The Morgan fingerprint density at radius 2 is 2.04 bits per heavy atom. The van der Waals surface area contributed by atoms with Crippen LogP contribution in [0.2, 0.25) is 0 Å². The molecule has 0 radical (unpaired) electrons. The van der Waals surface area contributed by atoms with Crippen molar-refractivity contribution >= 4 is 5.91 Å². The van der Waals surface area contributed by atoms with Crippen molar-refractivity contribution in [2.45, 2.75) is 6.42 Å². The molecule has 0 atom stereocenters. The number of ether oxygens (including phenoxy) is 1. The first-order valence-corrected chi connectivity index (χ1v) is 7.61. The third-order valence-electron chi connectivity index (χ3n) is 3.66. The highest BCUT2D eigenvalue weighted by molar-refractivity contribution is 5.97. The molecule has 0 bridgehead atoms. The number of aromatic nitrogens is 4. The molecule has 1 heterocycles. The molecule has 7 nitrogen and oxygen atoms in total. The molecular weight excluding hydrogens is 325 g/mol. The van der Waals surface area contributed by atoms with Gasteiger partial charge in [0.05, 0.1) is 18.4 Å². The van der Waals surface area contributed by atoms with Crippen molar-refractivity contribution in [1.29, 1.82) is 0 Å². The van der Waals surface area contributed by atoms with Gasteiger partial charge in [0, 0.05) is 6.54 Å². The van der Waals surface area contributed by atoms with Gasteiger partial charge >= 0.3 is 0 Å². The van der Waals surface area contributed by atoms with E-state index in [2.05, 4.69) is 20.8 Å². The summed E-state index contributed by atoms with van der Waals surface area (Å²) in [6.45, 7) is 0.413. The van der Waals surface area contributed by atoms with Gasteiger partial charge in [-0.1, -0.05) is 12.1 Å². The molecular formula is C17H16FN5O2. The lowest BCUT2D eigenvalue weighted by Gasteiger charge is -2.10. The van der Waals surface area contributed by atoms with Crippen LogP contribution in [0, 0.1) is 5.82 Å². The summed E-state index contributed by atoms with van der Waals surface area (Å²) >= 11 is 0. The topological polar surface area (TPSA) is 81.9 Å². The van der Waals surface area contributed by atoms with Crippen LogP contribution >= 0.6 is 0 Å². The number of tetrazole rings is 1. The minimum atomic E-state index is -0.503. The second-order valence-electron chi connectivity index (χ2n) is 5.27. The average molecular weight is 341 g/mol. The zero-order valence-corrected chi connectivity index (χ0v) is 13.5. The van der Waals surface area contributed by atoms with E-state index < -0.39 is 11.7 Å². The average Bonchev–Trinajstić information content (AvgIpc) is 3.16. The first-order chi connectivity index (χ1) is 12.2. The van der Waals surface area contributed by atoms with Gasteiger partial charge in [0.15, 0.2) is 0 Å². The van der Waals surface area contributed by atoms with Gasteiger partial charge in [-0.05, 0) is 52.7 Å². The molecule has 0 aliphatic heterocycles. The summed E-state index contributed by atoms with van der Waals surface area (Å²) in [5.74, 6) is -0.116. The maximum Gasteiger partial charge on any atom is 0.253 e. The number of hydrogen-bond acceptors (Lipinski definition) is 5. The standard InChI is InChI=1S/C17H16FN5O2/c1-25-14-5-2-12(3-6-14)8-9-19-17(24)15-10-13(18)4-7-16(15)23-11-20-21-22-23/h2-7,10-11H,8-9H2,1H3,(H,19,24). The Bertz CT molecular complexity index is 850. The summed E-state index contributed by atoms with van der Waals surface area (Å²) < 4.78 is 20.0. The number of nitrogens with one attached hydrogen (secondary N) is 1. The monoisotopic (exact) mass is 341 g/mol. The molecule has 0 saturated heterocycles. The number of carbonyl (C=O) groups excluding carboxylic acids is 1. The van der Waals surface area contributed by atoms with Crippen LogP contribution < -0.4 is 10.1 Å². The first-order valence-electron chi connectivity index (χ1n) is 7.61. The Kier molecular flexibility index (Phi) is 4.98. The van der Waals surface area contributed by atoms with Gasteiger partial charge in [-0.3, -0.25) is 4.79 Å². The minimum absolute atomic E-state index is 0.169. The van der Waals surface area contributed by atoms with E-state index in [1.54, 1.807) is 7.11 Å². The number of methoxy groups -OCH3 is 1. The number of rotatable bonds is 6. The van der Waals surface area contributed by atoms with Crippen molar-refractivity contribution in [3.05, 3.63) is 65.7 Å². The van der Waals surface area contributed by atoms with Gasteiger partial charge in [0.25, 0.3) is 5.91 Å². The molecule has 0 aliphatic rings. The van der Waals surface area contributed by atoms with E-state index in [-0.39, 0.29) is 5.56 Å². The third kappa shape index (κ3) is 3.97. The van der Waals surface area contributed by atoms with Crippen molar-refractivity contribution in [3.63, 3.8) is 0 Å². The summed E-state index contributed by atoms with van der Waals surface area (Å²) in [7, 11) is 1.61. The summed E-state index contributed by atoms with van der Waals surface area (Å²) in [6.07, 6.45) is 1.99. The lowest BCUT2D eigenvalue weighted by molar-refractivity contribution is 0.0953. The van der Waals surface area contributed by atoms with E-state index in [9.17, 15) is 9.18 Å². The van der Waals surface area contributed by atoms with E-state index in [4.69, 9.17) is 4.74 Å². The van der Waals surface area contributed by atoms with Crippen LogP contribution in [0.5, 0.6) is 5.75 Å². The molecule has 1 amide bonds. The molecule has 0 fully saturated rings. The Labute approximate surface area is 143 Å². The van der Waals surface area contributed by atoms with Gasteiger partial charge in [0.1, 0.15) is 17.9 Å². The second-order valence-corrected chi connectivity index (χ2v) is 5.27. The van der Waals surface area contributed by atoms with Gasteiger partial charge in [-0.15, -0.1) is 5.10 Å². The number of halogens is 1. The van der Waals surface area contributed by atoms with Crippen LogP contribution in [0.25, 0.3) is 5.69 Å². The van der Waals surface area contributed by atoms with E-state index in [1.165, 1.54) is 29.2 Å². The first kappa shape index (κ1) is 16.6. The summed E-state index contributed by atoms with van der Waals surface area (Å²) in [5, 5.41) is 13.6. The fraction of sp³-hybridized carbons (Fsp3) is 0.176. The Balaban J connectivity index is 1.67. The number of hydrogen-bond donors (Lipinski definition) is 1. The zero-order valence-electron chi connectivity index (χ0n) is 13.5.